The van der Waals surface area contributed by atoms with Gasteiger partial charge in [0.15, 0.2) is 0 Å². The van der Waals surface area contributed by atoms with Gasteiger partial charge in [-0.15, -0.1) is 0 Å². The van der Waals surface area contributed by atoms with E-state index in [-0.39, 0.29) is 23.0 Å². The third-order valence-electron chi connectivity index (χ3n) is 6.29. The van der Waals surface area contributed by atoms with Crippen LogP contribution >= 0.6 is 0 Å². The zero-order valence-electron chi connectivity index (χ0n) is 21.0. The molecule has 1 aliphatic heterocycles. The molecule has 0 saturated carbocycles. The van der Waals surface area contributed by atoms with E-state index in [2.05, 4.69) is 49.4 Å². The number of aryl methyl sites for hydroxylation is 1. The second-order valence-corrected chi connectivity index (χ2v) is 10.6. The molecule has 2 aromatic carbocycles. The molecule has 0 radical (unpaired) electrons. The van der Waals surface area contributed by atoms with Crippen LogP contribution in [0.2, 0.25) is 0 Å². The minimum Gasteiger partial charge on any atom is -0.456 e. The van der Waals surface area contributed by atoms with Crippen LogP contribution in [0.3, 0.4) is 0 Å². The summed E-state index contributed by atoms with van der Waals surface area (Å²) in [5, 5.41) is 16.7. The predicted octanol–water partition coefficient (Wildman–Crippen LogP) is 5.76. The summed E-state index contributed by atoms with van der Waals surface area (Å²) in [7, 11) is 0. The Labute approximate surface area is 207 Å². The van der Waals surface area contributed by atoms with E-state index in [0.717, 1.165) is 29.5 Å². The van der Waals surface area contributed by atoms with Crippen molar-refractivity contribution in [2.24, 2.45) is 0 Å². The molecule has 0 unspecified atom stereocenters. The average molecular weight is 469 g/mol. The molecule has 180 valence electrons. The molecule has 0 bridgehead atoms. The van der Waals surface area contributed by atoms with Gasteiger partial charge in [-0.2, -0.15) is 5.26 Å². The summed E-state index contributed by atoms with van der Waals surface area (Å²) in [6.07, 6.45) is 5.16. The van der Waals surface area contributed by atoms with Gasteiger partial charge >= 0.3 is 0 Å². The van der Waals surface area contributed by atoms with Crippen LogP contribution in [-0.2, 0) is 0 Å². The number of pyridine rings is 1. The lowest BCUT2D eigenvalue weighted by Gasteiger charge is -2.46. The first-order valence-electron chi connectivity index (χ1n) is 11.9. The maximum absolute atomic E-state index is 13.0. The third kappa shape index (κ3) is 5.70. The van der Waals surface area contributed by atoms with Crippen molar-refractivity contribution in [2.45, 2.75) is 64.6 Å². The third-order valence-corrected chi connectivity index (χ3v) is 6.29. The fourth-order valence-electron chi connectivity index (χ4n) is 5.21. The molecule has 6 nitrogen and oxygen atoms in total. The molecular formula is C29H32N4O2. The lowest BCUT2D eigenvalue weighted by Crippen LogP contribution is -2.62. The van der Waals surface area contributed by atoms with Gasteiger partial charge in [0.1, 0.15) is 23.1 Å². The molecule has 1 aliphatic rings. The smallest absolute Gasteiger partial charge is 0.251 e. The highest BCUT2D eigenvalue weighted by molar-refractivity contribution is 5.94. The first-order valence-corrected chi connectivity index (χ1v) is 11.9. The second kappa shape index (κ2) is 9.52. The predicted molar refractivity (Wildman–Crippen MR) is 137 cm³/mol. The lowest BCUT2D eigenvalue weighted by molar-refractivity contribution is 0.0873. The topological polar surface area (TPSA) is 87.0 Å². The number of nitrogens with one attached hydrogen (secondary N) is 2. The van der Waals surface area contributed by atoms with E-state index in [0.29, 0.717) is 22.6 Å². The molecule has 2 N–H and O–H groups in total. The van der Waals surface area contributed by atoms with Crippen molar-refractivity contribution in [3.63, 3.8) is 0 Å². The first kappa shape index (κ1) is 24.4. The van der Waals surface area contributed by atoms with Crippen molar-refractivity contribution in [1.29, 1.82) is 5.26 Å². The molecule has 1 saturated heterocycles. The number of hydrogen-bond acceptors (Lipinski definition) is 5. The Kier molecular flexibility index (Phi) is 6.64. The van der Waals surface area contributed by atoms with Gasteiger partial charge in [0.2, 0.25) is 0 Å². The Bertz CT molecular complexity index is 1260. The Balaban J connectivity index is 1.53. The van der Waals surface area contributed by atoms with Crippen LogP contribution in [0.5, 0.6) is 11.5 Å². The molecule has 0 aliphatic carbocycles. The number of aromatic nitrogens is 1. The molecular weight excluding hydrogens is 436 g/mol. The first-order chi connectivity index (χ1) is 16.6. The number of carbonyl (C=O) groups is 1. The fraction of sp³-hybridized carbons (Fsp3) is 0.345. The van der Waals surface area contributed by atoms with Crippen LogP contribution in [0.15, 0.2) is 60.9 Å². The molecule has 1 aromatic heterocycles. The van der Waals surface area contributed by atoms with Crippen molar-refractivity contribution >= 4 is 5.91 Å². The SMILES string of the molecule is Cc1cc(C(=O)NC2CC(C)(C)NC(C)(C)C2)ccc1Oc1cccc(-c2cccnc2)c1C#N. The maximum Gasteiger partial charge on any atom is 0.251 e. The average Bonchev–Trinajstić information content (AvgIpc) is 2.78. The van der Waals surface area contributed by atoms with Crippen LogP contribution in [-0.4, -0.2) is 28.0 Å². The summed E-state index contributed by atoms with van der Waals surface area (Å²) in [5.41, 5.74) is 3.37. The highest BCUT2D eigenvalue weighted by Gasteiger charge is 2.38. The van der Waals surface area contributed by atoms with Crippen LogP contribution in [0.1, 0.15) is 62.0 Å². The highest BCUT2D eigenvalue weighted by Crippen LogP contribution is 2.34. The summed E-state index contributed by atoms with van der Waals surface area (Å²) < 4.78 is 6.15. The van der Waals surface area contributed by atoms with Crippen LogP contribution < -0.4 is 15.4 Å². The Morgan fingerprint density at radius 2 is 1.83 bits per heavy atom. The van der Waals surface area contributed by atoms with E-state index >= 15 is 0 Å². The zero-order valence-corrected chi connectivity index (χ0v) is 21.0. The molecule has 3 aromatic rings. The Morgan fingerprint density at radius 1 is 1.09 bits per heavy atom. The van der Waals surface area contributed by atoms with Crippen molar-refractivity contribution in [3.05, 3.63) is 77.6 Å². The quantitative estimate of drug-likeness (QED) is 0.497. The number of amides is 1. The van der Waals surface area contributed by atoms with Gasteiger partial charge in [0.25, 0.3) is 5.91 Å². The van der Waals surface area contributed by atoms with E-state index in [4.69, 9.17) is 4.74 Å². The van der Waals surface area contributed by atoms with Crippen molar-refractivity contribution < 1.29 is 9.53 Å². The van der Waals surface area contributed by atoms with Gasteiger partial charge in [-0.05, 0) is 83.4 Å². The van der Waals surface area contributed by atoms with E-state index in [1.54, 1.807) is 30.6 Å². The summed E-state index contributed by atoms with van der Waals surface area (Å²) in [6.45, 7) is 10.6. The summed E-state index contributed by atoms with van der Waals surface area (Å²) in [6, 6.07) is 17.0. The van der Waals surface area contributed by atoms with E-state index in [1.807, 2.05) is 37.3 Å². The summed E-state index contributed by atoms with van der Waals surface area (Å²) in [4.78, 5) is 17.2. The number of nitriles is 1. The van der Waals surface area contributed by atoms with Crippen molar-refractivity contribution in [3.8, 4) is 28.7 Å². The Hall–Kier alpha value is -3.69. The van der Waals surface area contributed by atoms with E-state index < -0.39 is 0 Å². The van der Waals surface area contributed by atoms with Crippen LogP contribution in [0.4, 0.5) is 0 Å². The van der Waals surface area contributed by atoms with Gasteiger partial charge in [0.05, 0.1) is 0 Å². The van der Waals surface area contributed by atoms with Crippen molar-refractivity contribution in [2.75, 3.05) is 0 Å². The Morgan fingerprint density at radius 3 is 2.46 bits per heavy atom. The number of benzene rings is 2. The second-order valence-electron chi connectivity index (χ2n) is 10.6. The van der Waals surface area contributed by atoms with Gasteiger partial charge in [0, 0.05) is 46.2 Å². The summed E-state index contributed by atoms with van der Waals surface area (Å²) in [5.74, 6) is 0.980. The number of carbonyl (C=O) groups excluding carboxylic acids is 1. The normalized spacial score (nSPS) is 16.8. The summed E-state index contributed by atoms with van der Waals surface area (Å²) >= 11 is 0. The molecule has 0 spiro atoms. The van der Waals surface area contributed by atoms with Crippen LogP contribution in [0, 0.1) is 18.3 Å². The van der Waals surface area contributed by atoms with E-state index in [1.165, 1.54) is 0 Å². The molecule has 0 atom stereocenters. The minimum atomic E-state index is -0.0885. The van der Waals surface area contributed by atoms with Crippen LogP contribution in [0.25, 0.3) is 11.1 Å². The van der Waals surface area contributed by atoms with Gasteiger partial charge in [-0.25, -0.2) is 0 Å². The monoisotopic (exact) mass is 468 g/mol. The van der Waals surface area contributed by atoms with Gasteiger partial charge < -0.3 is 15.4 Å². The highest BCUT2D eigenvalue weighted by atomic mass is 16.5. The molecule has 35 heavy (non-hydrogen) atoms. The maximum atomic E-state index is 13.0. The number of ether oxygens (including phenoxy) is 1. The van der Waals surface area contributed by atoms with E-state index in [9.17, 15) is 10.1 Å². The number of hydrogen-bond donors (Lipinski definition) is 2. The number of piperidine rings is 1. The molecule has 6 heteroatoms. The molecule has 1 fully saturated rings. The minimum absolute atomic E-state index is 0.0455. The molecule has 4 rings (SSSR count). The molecule has 2 heterocycles. The molecule has 1 amide bonds. The van der Waals surface area contributed by atoms with Crippen molar-refractivity contribution in [1.82, 2.24) is 15.6 Å². The zero-order chi connectivity index (χ0) is 25.2. The van der Waals surface area contributed by atoms with Gasteiger partial charge in [-0.1, -0.05) is 18.2 Å². The van der Waals surface area contributed by atoms with Gasteiger partial charge in [-0.3, -0.25) is 9.78 Å². The number of rotatable bonds is 5. The lowest BCUT2D eigenvalue weighted by atomic mass is 9.79. The standard InChI is InChI=1S/C29H32N4O2/c1-19-14-20(27(34)32-22-15-28(2,3)33-29(4,5)16-22)11-12-25(19)35-26-10-6-9-23(24(26)17-30)21-8-7-13-31-18-21/h6-14,18,22,33H,15-16H2,1-5H3,(H,32,34). The fourth-order valence-corrected chi connectivity index (χ4v) is 5.21. The largest absolute Gasteiger partial charge is 0.456 e. The number of nitrogens with zero attached hydrogens (tertiary/aromatic N) is 2.